The van der Waals surface area contributed by atoms with Crippen LogP contribution in [0.25, 0.3) is 0 Å². The van der Waals surface area contributed by atoms with E-state index in [0.29, 0.717) is 42.2 Å². The minimum Gasteiger partial charge on any atom is -0.493 e. The van der Waals surface area contributed by atoms with Gasteiger partial charge in [-0.25, -0.2) is 4.79 Å². The molecule has 7 heteroatoms. The molecule has 3 aliphatic rings. The summed E-state index contributed by atoms with van der Waals surface area (Å²) in [7, 11) is 0. The van der Waals surface area contributed by atoms with Gasteiger partial charge in [0.15, 0.2) is 0 Å². The topological polar surface area (TPSA) is 71.5 Å². The van der Waals surface area contributed by atoms with Gasteiger partial charge in [-0.05, 0) is 128 Å². The zero-order chi connectivity index (χ0) is 29.5. The van der Waals surface area contributed by atoms with Crippen molar-refractivity contribution in [3.63, 3.8) is 0 Å². The van der Waals surface area contributed by atoms with Gasteiger partial charge in [-0.3, -0.25) is 4.98 Å². The Balaban J connectivity index is 1.21. The van der Waals surface area contributed by atoms with Gasteiger partial charge in [-0.1, -0.05) is 49.2 Å². The van der Waals surface area contributed by atoms with Gasteiger partial charge in [0.1, 0.15) is 11.3 Å². The summed E-state index contributed by atoms with van der Waals surface area (Å²) >= 11 is 12.7. The van der Waals surface area contributed by atoms with Crippen LogP contribution >= 0.6 is 23.2 Å². The maximum Gasteiger partial charge on any atom is 0.329 e. The number of nitrogens with zero attached hydrogens (tertiary/aromatic N) is 1. The number of aliphatic carboxylic acids is 1. The zero-order valence-electron chi connectivity index (χ0n) is 24.5. The summed E-state index contributed by atoms with van der Waals surface area (Å²) in [5, 5.41) is 15.2. The Bertz CT molecular complexity index is 1470. The number of nitrogens with one attached hydrogen (secondary N) is 1. The van der Waals surface area contributed by atoms with Crippen molar-refractivity contribution in [3.05, 3.63) is 87.2 Å². The molecule has 3 atom stereocenters. The number of fused-ring (bicyclic) bond motifs is 3. The molecule has 3 aliphatic carbocycles. The Labute approximate surface area is 259 Å². The smallest absolute Gasteiger partial charge is 0.329 e. The van der Waals surface area contributed by atoms with Crippen molar-refractivity contribution in [2.24, 2.45) is 11.8 Å². The second-order valence-corrected chi connectivity index (χ2v) is 13.9. The van der Waals surface area contributed by atoms with Crippen LogP contribution in [-0.2, 0) is 23.1 Å². The number of anilines is 1. The van der Waals surface area contributed by atoms with Crippen LogP contribution in [0.3, 0.4) is 0 Å². The summed E-state index contributed by atoms with van der Waals surface area (Å²) in [5.41, 5.74) is 4.78. The molecule has 1 heterocycles. The number of carbonyl (C=O) groups is 1. The van der Waals surface area contributed by atoms with E-state index in [0.717, 1.165) is 48.6 Å². The fourth-order valence-corrected chi connectivity index (χ4v) is 8.48. The molecule has 5 nitrogen and oxygen atoms in total. The number of carboxylic acids is 1. The Morgan fingerprint density at radius 3 is 2.67 bits per heavy atom. The van der Waals surface area contributed by atoms with Crippen molar-refractivity contribution in [1.29, 1.82) is 0 Å². The largest absolute Gasteiger partial charge is 0.493 e. The first-order valence-corrected chi connectivity index (χ1v) is 16.1. The highest BCUT2D eigenvalue weighted by Gasteiger charge is 2.54. The Hall–Kier alpha value is -2.76. The van der Waals surface area contributed by atoms with Gasteiger partial charge in [-0.15, -0.1) is 0 Å². The minimum atomic E-state index is -1.03. The molecule has 1 spiro atoms. The third-order valence-electron chi connectivity index (χ3n) is 10.3. The van der Waals surface area contributed by atoms with Crippen LogP contribution in [0.2, 0.25) is 10.0 Å². The minimum absolute atomic E-state index is 0.0759. The molecule has 0 aliphatic heterocycles. The molecule has 1 fully saturated rings. The average Bonchev–Trinajstić information content (AvgIpc) is 3.24. The Morgan fingerprint density at radius 1 is 1.12 bits per heavy atom. The van der Waals surface area contributed by atoms with E-state index in [9.17, 15) is 9.90 Å². The number of carboxylic acid groups (broad SMARTS) is 1. The lowest BCUT2D eigenvalue weighted by atomic mass is 9.59. The first-order chi connectivity index (χ1) is 20.2. The fourth-order valence-electron chi connectivity index (χ4n) is 8.10. The van der Waals surface area contributed by atoms with Crippen LogP contribution in [0.15, 0.2) is 54.7 Å². The van der Waals surface area contributed by atoms with Gasteiger partial charge in [0, 0.05) is 33.2 Å². The predicted octanol–water partition coefficient (Wildman–Crippen LogP) is 8.85. The number of rotatable bonds is 8. The summed E-state index contributed by atoms with van der Waals surface area (Å²) in [5.74, 6) is 1.40. The van der Waals surface area contributed by atoms with E-state index in [1.54, 1.807) is 12.1 Å². The molecule has 2 N–H and O–H groups in total. The van der Waals surface area contributed by atoms with Gasteiger partial charge in [0.25, 0.3) is 0 Å². The number of aromatic nitrogens is 1. The molecule has 0 saturated heterocycles. The molecule has 2 aromatic carbocycles. The van der Waals surface area contributed by atoms with Crippen LogP contribution in [0.1, 0.15) is 87.1 Å². The van der Waals surface area contributed by atoms with Crippen molar-refractivity contribution in [1.82, 2.24) is 4.98 Å². The number of ether oxygens (including phenoxy) is 1. The number of halogens is 2. The lowest BCUT2D eigenvalue weighted by Gasteiger charge is -2.47. The third-order valence-corrected chi connectivity index (χ3v) is 10.7. The Kier molecular flexibility index (Phi) is 8.19. The van der Waals surface area contributed by atoms with Crippen molar-refractivity contribution >= 4 is 34.9 Å². The summed E-state index contributed by atoms with van der Waals surface area (Å²) < 4.78 is 6.50. The molecular formula is C35H40Cl2N2O3. The first-order valence-electron chi connectivity index (χ1n) is 15.4. The molecular weight excluding hydrogens is 567 g/mol. The highest BCUT2D eigenvalue weighted by Crippen LogP contribution is 2.56. The summed E-state index contributed by atoms with van der Waals surface area (Å²) in [6.45, 7) is 5.22. The number of pyridine rings is 1. The van der Waals surface area contributed by atoms with Crippen molar-refractivity contribution in [2.75, 3.05) is 11.9 Å². The zero-order valence-corrected chi connectivity index (χ0v) is 26.0. The molecule has 42 heavy (non-hydrogen) atoms. The monoisotopic (exact) mass is 606 g/mol. The van der Waals surface area contributed by atoms with E-state index in [1.165, 1.54) is 35.2 Å². The number of aryl methyl sites for hydroxylation is 1. The van der Waals surface area contributed by atoms with Gasteiger partial charge < -0.3 is 15.2 Å². The van der Waals surface area contributed by atoms with E-state index in [1.807, 2.05) is 30.5 Å². The van der Waals surface area contributed by atoms with Crippen molar-refractivity contribution in [2.45, 2.75) is 88.5 Å². The number of hydrogen-bond acceptors (Lipinski definition) is 4. The van der Waals surface area contributed by atoms with Gasteiger partial charge in [0.05, 0.1) is 6.61 Å². The molecule has 1 saturated carbocycles. The summed E-state index contributed by atoms with van der Waals surface area (Å²) in [6.07, 6.45) is 9.94. The van der Waals surface area contributed by atoms with Crippen LogP contribution in [0, 0.1) is 11.8 Å². The van der Waals surface area contributed by atoms with Crippen molar-refractivity contribution < 1.29 is 14.6 Å². The average molecular weight is 608 g/mol. The van der Waals surface area contributed by atoms with E-state index in [2.05, 4.69) is 36.3 Å². The molecule has 1 aromatic heterocycles. The van der Waals surface area contributed by atoms with E-state index >= 15 is 0 Å². The quantitative estimate of drug-likeness (QED) is 0.268. The summed E-state index contributed by atoms with van der Waals surface area (Å²) in [6, 6.07) is 15.7. The maximum absolute atomic E-state index is 12.7. The molecule has 0 radical (unpaired) electrons. The second kappa shape index (κ2) is 11.7. The van der Waals surface area contributed by atoms with Crippen molar-refractivity contribution in [3.8, 4) is 5.75 Å². The van der Waals surface area contributed by atoms with E-state index in [4.69, 9.17) is 27.9 Å². The van der Waals surface area contributed by atoms with E-state index < -0.39 is 11.5 Å². The Morgan fingerprint density at radius 2 is 1.90 bits per heavy atom. The standard InChI is InChI=1S/C35H40Cl2N2O3/c1-22(21-42-31-11-16-38-30-8-3-5-23(2)32(30)31)17-25-18-24-19-27(37)9-10-29(24)34(25)12-14-35(15-13-34,33(40)41)39-28-7-4-6-26(36)20-28/h4,6-7,9-11,16,19-20,22-23,25,39H,3,5,8,12-15,17-18,21H2,1-2H3,(H,40,41)/t22-,23-,25-,34?,35?/m1/s1. The lowest BCUT2D eigenvalue weighted by Crippen LogP contribution is -2.53. The molecule has 6 rings (SSSR count). The number of hydrogen-bond donors (Lipinski definition) is 2. The molecule has 0 bridgehead atoms. The predicted molar refractivity (Wildman–Crippen MR) is 169 cm³/mol. The lowest BCUT2D eigenvalue weighted by molar-refractivity contribution is -0.144. The molecule has 222 valence electrons. The van der Waals surface area contributed by atoms with Gasteiger partial charge >= 0.3 is 5.97 Å². The highest BCUT2D eigenvalue weighted by molar-refractivity contribution is 6.31. The highest BCUT2D eigenvalue weighted by atomic mass is 35.5. The van der Waals surface area contributed by atoms with Crippen LogP contribution in [0.4, 0.5) is 5.69 Å². The van der Waals surface area contributed by atoms with Crippen LogP contribution < -0.4 is 10.1 Å². The molecule has 0 unspecified atom stereocenters. The van der Waals surface area contributed by atoms with E-state index in [-0.39, 0.29) is 5.41 Å². The molecule has 3 aromatic rings. The van der Waals surface area contributed by atoms with Crippen LogP contribution in [-0.4, -0.2) is 28.2 Å². The fraction of sp³-hybridized carbons (Fsp3) is 0.486. The second-order valence-electron chi connectivity index (χ2n) is 13.0. The maximum atomic E-state index is 12.7. The normalized spacial score (nSPS) is 27.2. The van der Waals surface area contributed by atoms with Gasteiger partial charge in [-0.2, -0.15) is 0 Å². The first kappa shape index (κ1) is 29.3. The molecule has 0 amide bonds. The number of benzene rings is 2. The summed E-state index contributed by atoms with van der Waals surface area (Å²) in [4.78, 5) is 17.4. The van der Waals surface area contributed by atoms with Gasteiger partial charge in [0.2, 0.25) is 0 Å². The SMILES string of the molecule is C[C@@H](COc1ccnc2c1[C@H](C)CCC2)C[C@@H]1Cc2cc(Cl)ccc2C12CCC(Nc1cccc(Cl)c1)(C(=O)O)CC2. The van der Waals surface area contributed by atoms with Crippen LogP contribution in [0.5, 0.6) is 5.75 Å². The third kappa shape index (κ3) is 5.51.